The Morgan fingerprint density at radius 1 is 1.19 bits per heavy atom. The van der Waals surface area contributed by atoms with Crippen LogP contribution < -0.4 is 10.6 Å². The van der Waals surface area contributed by atoms with Crippen molar-refractivity contribution in [3.63, 3.8) is 0 Å². The molecular formula is C16H20N4O. The third-order valence-corrected chi connectivity index (χ3v) is 3.08. The number of carbonyl (C=O) groups excluding carboxylic acids is 1. The van der Waals surface area contributed by atoms with Crippen molar-refractivity contribution in [3.8, 4) is 0 Å². The summed E-state index contributed by atoms with van der Waals surface area (Å²) in [6.45, 7) is 4.70. The molecule has 2 N–H and O–H groups in total. The Kier molecular flexibility index (Phi) is 5.26. The molecule has 5 nitrogen and oxygen atoms in total. The molecule has 1 aromatic heterocycles. The van der Waals surface area contributed by atoms with Crippen molar-refractivity contribution in [2.24, 2.45) is 0 Å². The minimum Gasteiger partial charge on any atom is -0.362 e. The molecular weight excluding hydrogens is 264 g/mol. The van der Waals surface area contributed by atoms with Gasteiger partial charge in [-0.25, -0.2) is 9.97 Å². The van der Waals surface area contributed by atoms with Crippen molar-refractivity contribution in [3.05, 3.63) is 54.0 Å². The highest BCUT2D eigenvalue weighted by molar-refractivity contribution is 5.91. The summed E-state index contributed by atoms with van der Waals surface area (Å²) < 4.78 is 0. The molecule has 110 valence electrons. The standard InChI is InChI=1S/C16H20N4O/c1-3-9-17-16(21)14-10-19-15(11-18-14)20-12(2)13-7-5-4-6-8-13/h4-8,10-12H,3,9H2,1-2H3,(H,17,21)(H,19,20). The topological polar surface area (TPSA) is 66.9 Å². The lowest BCUT2D eigenvalue weighted by Gasteiger charge is -2.14. The number of nitrogens with one attached hydrogen (secondary N) is 2. The number of anilines is 1. The summed E-state index contributed by atoms with van der Waals surface area (Å²) in [5.41, 5.74) is 1.51. The van der Waals surface area contributed by atoms with Crippen molar-refractivity contribution < 1.29 is 4.79 Å². The maximum atomic E-state index is 11.7. The molecule has 1 unspecified atom stereocenters. The lowest BCUT2D eigenvalue weighted by molar-refractivity contribution is 0.0948. The monoisotopic (exact) mass is 284 g/mol. The summed E-state index contributed by atoms with van der Waals surface area (Å²) >= 11 is 0. The van der Waals surface area contributed by atoms with Gasteiger partial charge in [-0.15, -0.1) is 0 Å². The summed E-state index contributed by atoms with van der Waals surface area (Å²) in [7, 11) is 0. The van der Waals surface area contributed by atoms with Crippen LogP contribution >= 0.6 is 0 Å². The number of hydrogen-bond acceptors (Lipinski definition) is 4. The highest BCUT2D eigenvalue weighted by Crippen LogP contribution is 2.16. The molecule has 1 heterocycles. The van der Waals surface area contributed by atoms with Gasteiger partial charge in [-0.05, 0) is 18.9 Å². The normalized spacial score (nSPS) is 11.7. The van der Waals surface area contributed by atoms with Gasteiger partial charge in [0.05, 0.1) is 12.4 Å². The van der Waals surface area contributed by atoms with E-state index in [1.165, 1.54) is 11.8 Å². The van der Waals surface area contributed by atoms with E-state index in [4.69, 9.17) is 0 Å². The van der Waals surface area contributed by atoms with Gasteiger partial charge in [-0.3, -0.25) is 4.79 Å². The molecule has 0 bridgehead atoms. The number of carbonyl (C=O) groups is 1. The van der Waals surface area contributed by atoms with Crippen molar-refractivity contribution in [2.75, 3.05) is 11.9 Å². The fourth-order valence-electron chi connectivity index (χ4n) is 1.90. The number of hydrogen-bond donors (Lipinski definition) is 2. The highest BCUT2D eigenvalue weighted by atomic mass is 16.1. The number of rotatable bonds is 6. The average Bonchev–Trinajstić information content (AvgIpc) is 2.54. The quantitative estimate of drug-likeness (QED) is 0.856. The molecule has 0 saturated heterocycles. The van der Waals surface area contributed by atoms with Crippen LogP contribution in [-0.4, -0.2) is 22.4 Å². The minimum absolute atomic E-state index is 0.125. The van der Waals surface area contributed by atoms with E-state index < -0.39 is 0 Å². The fourth-order valence-corrected chi connectivity index (χ4v) is 1.90. The Labute approximate surface area is 124 Å². The Bertz CT molecular complexity index is 569. The van der Waals surface area contributed by atoms with Gasteiger partial charge in [0.15, 0.2) is 0 Å². The molecule has 1 aromatic carbocycles. The zero-order valence-corrected chi connectivity index (χ0v) is 12.3. The molecule has 1 atom stereocenters. The van der Waals surface area contributed by atoms with Crippen LogP contribution in [0.3, 0.4) is 0 Å². The van der Waals surface area contributed by atoms with E-state index in [0.29, 0.717) is 18.1 Å². The number of amides is 1. The second-order valence-electron chi connectivity index (χ2n) is 4.82. The Hall–Kier alpha value is -2.43. The predicted molar refractivity (Wildman–Crippen MR) is 83.1 cm³/mol. The van der Waals surface area contributed by atoms with Crippen LogP contribution in [0.15, 0.2) is 42.7 Å². The van der Waals surface area contributed by atoms with E-state index in [9.17, 15) is 4.79 Å². The van der Waals surface area contributed by atoms with Gasteiger partial charge in [0.25, 0.3) is 5.91 Å². The summed E-state index contributed by atoms with van der Waals surface area (Å²) in [5.74, 6) is 0.463. The van der Waals surface area contributed by atoms with Gasteiger partial charge < -0.3 is 10.6 Å². The lowest BCUT2D eigenvalue weighted by atomic mass is 10.1. The Morgan fingerprint density at radius 3 is 2.57 bits per heavy atom. The van der Waals surface area contributed by atoms with Crippen LogP contribution in [0.4, 0.5) is 5.82 Å². The van der Waals surface area contributed by atoms with Crippen molar-refractivity contribution in [1.82, 2.24) is 15.3 Å². The first kappa shape index (κ1) is 15.0. The second kappa shape index (κ2) is 7.38. The van der Waals surface area contributed by atoms with Crippen molar-refractivity contribution >= 4 is 11.7 Å². The van der Waals surface area contributed by atoms with Crippen LogP contribution in [-0.2, 0) is 0 Å². The molecule has 2 rings (SSSR count). The second-order valence-corrected chi connectivity index (χ2v) is 4.82. The minimum atomic E-state index is -0.188. The van der Waals surface area contributed by atoms with Gasteiger partial charge in [-0.1, -0.05) is 37.3 Å². The van der Waals surface area contributed by atoms with Crippen LogP contribution in [0.5, 0.6) is 0 Å². The van der Waals surface area contributed by atoms with Gasteiger partial charge in [-0.2, -0.15) is 0 Å². The smallest absolute Gasteiger partial charge is 0.271 e. The van der Waals surface area contributed by atoms with Crippen LogP contribution in [0.25, 0.3) is 0 Å². The number of benzene rings is 1. The van der Waals surface area contributed by atoms with E-state index in [0.717, 1.165) is 6.42 Å². The van der Waals surface area contributed by atoms with Crippen LogP contribution in [0, 0.1) is 0 Å². The third kappa shape index (κ3) is 4.27. The molecule has 1 amide bonds. The zero-order chi connectivity index (χ0) is 15.1. The molecule has 21 heavy (non-hydrogen) atoms. The van der Waals surface area contributed by atoms with E-state index in [2.05, 4.69) is 39.7 Å². The summed E-state index contributed by atoms with van der Waals surface area (Å²) in [6.07, 6.45) is 3.97. The summed E-state index contributed by atoms with van der Waals surface area (Å²) in [5, 5.41) is 6.04. The fraction of sp³-hybridized carbons (Fsp3) is 0.312. The molecule has 0 saturated carbocycles. The van der Waals surface area contributed by atoms with Gasteiger partial charge in [0, 0.05) is 12.6 Å². The van der Waals surface area contributed by atoms with E-state index in [1.807, 2.05) is 25.1 Å². The maximum Gasteiger partial charge on any atom is 0.271 e. The Balaban J connectivity index is 1.98. The van der Waals surface area contributed by atoms with E-state index >= 15 is 0 Å². The van der Waals surface area contributed by atoms with Gasteiger partial charge in [0.2, 0.25) is 0 Å². The van der Waals surface area contributed by atoms with Crippen molar-refractivity contribution in [1.29, 1.82) is 0 Å². The molecule has 5 heteroatoms. The van der Waals surface area contributed by atoms with Crippen LogP contribution in [0.1, 0.15) is 42.4 Å². The molecule has 0 aliphatic carbocycles. The molecule has 0 radical (unpaired) electrons. The highest BCUT2D eigenvalue weighted by Gasteiger charge is 2.09. The number of nitrogens with zero attached hydrogens (tertiary/aromatic N) is 2. The summed E-state index contributed by atoms with van der Waals surface area (Å²) in [6, 6.07) is 10.2. The first-order valence-electron chi connectivity index (χ1n) is 7.12. The molecule has 0 aliphatic heterocycles. The van der Waals surface area contributed by atoms with Gasteiger partial charge >= 0.3 is 0 Å². The predicted octanol–water partition coefficient (Wildman–Crippen LogP) is 2.79. The molecule has 0 fully saturated rings. The first-order valence-corrected chi connectivity index (χ1v) is 7.12. The van der Waals surface area contributed by atoms with E-state index in [1.54, 1.807) is 6.20 Å². The van der Waals surface area contributed by atoms with Crippen LogP contribution in [0.2, 0.25) is 0 Å². The Morgan fingerprint density at radius 2 is 1.95 bits per heavy atom. The third-order valence-electron chi connectivity index (χ3n) is 3.08. The largest absolute Gasteiger partial charge is 0.362 e. The molecule has 0 aliphatic rings. The SMILES string of the molecule is CCCNC(=O)c1cnc(NC(C)c2ccccc2)cn1. The summed E-state index contributed by atoms with van der Waals surface area (Å²) in [4.78, 5) is 20.1. The number of aromatic nitrogens is 2. The molecule has 2 aromatic rings. The average molecular weight is 284 g/mol. The van der Waals surface area contributed by atoms with E-state index in [-0.39, 0.29) is 11.9 Å². The zero-order valence-electron chi connectivity index (χ0n) is 12.3. The first-order chi connectivity index (χ1) is 10.2. The maximum absolute atomic E-state index is 11.7. The molecule has 0 spiro atoms. The lowest BCUT2D eigenvalue weighted by Crippen LogP contribution is -2.25. The van der Waals surface area contributed by atoms with Crippen molar-refractivity contribution in [2.45, 2.75) is 26.3 Å². The van der Waals surface area contributed by atoms with Gasteiger partial charge in [0.1, 0.15) is 11.5 Å².